The maximum Gasteiger partial charge on any atom is 0.311 e. The average molecular weight is 385 g/mol. The largest absolute Gasteiger partial charge is 0.455 e. The van der Waals surface area contributed by atoms with E-state index in [-0.39, 0.29) is 23.6 Å². The quantitative estimate of drug-likeness (QED) is 0.442. The van der Waals surface area contributed by atoms with Crippen molar-refractivity contribution in [2.45, 2.75) is 6.42 Å². The van der Waals surface area contributed by atoms with Crippen molar-refractivity contribution >= 4 is 29.2 Å². The molecule has 0 saturated carbocycles. The second-order valence-electron chi connectivity index (χ2n) is 6.05. The number of carbonyl (C=O) groups excluding carboxylic acids is 3. The fourth-order valence-corrected chi connectivity index (χ4v) is 2.34. The highest BCUT2D eigenvalue weighted by molar-refractivity contribution is 5.96. The maximum absolute atomic E-state index is 11.9. The molecule has 1 N–H and O–H groups in total. The molecule has 2 aromatic carbocycles. The molecule has 0 saturated heterocycles. The molecule has 0 aliphatic rings. The Bertz CT molecular complexity index is 893. The van der Waals surface area contributed by atoms with Crippen LogP contribution >= 0.6 is 0 Å². The van der Waals surface area contributed by atoms with E-state index in [2.05, 4.69) is 5.32 Å². The number of hydrogen-bond acceptors (Lipinski definition) is 6. The lowest BCUT2D eigenvalue weighted by Crippen LogP contribution is -2.22. The second kappa shape index (κ2) is 9.26. The number of nitro groups is 1. The van der Waals surface area contributed by atoms with Crippen LogP contribution in [0.25, 0.3) is 0 Å². The van der Waals surface area contributed by atoms with Gasteiger partial charge in [0.05, 0.1) is 11.3 Å². The molecule has 146 valence electrons. The third-order valence-electron chi connectivity index (χ3n) is 3.71. The minimum Gasteiger partial charge on any atom is -0.455 e. The van der Waals surface area contributed by atoms with E-state index in [1.54, 1.807) is 44.4 Å². The molecule has 0 aliphatic heterocycles. The average Bonchev–Trinajstić information content (AvgIpc) is 2.66. The van der Waals surface area contributed by atoms with Crippen molar-refractivity contribution in [2.75, 3.05) is 26.0 Å². The van der Waals surface area contributed by atoms with E-state index in [9.17, 15) is 24.5 Å². The first kappa shape index (κ1) is 20.6. The summed E-state index contributed by atoms with van der Waals surface area (Å²) >= 11 is 0. The van der Waals surface area contributed by atoms with Gasteiger partial charge in [-0.15, -0.1) is 0 Å². The molecular formula is C19H19N3O6. The van der Waals surface area contributed by atoms with Crippen molar-refractivity contribution in [3.8, 4) is 0 Å². The molecular weight excluding hydrogens is 366 g/mol. The molecule has 0 aromatic heterocycles. The second-order valence-corrected chi connectivity index (χ2v) is 6.05. The zero-order chi connectivity index (χ0) is 20.7. The summed E-state index contributed by atoms with van der Waals surface area (Å²) in [4.78, 5) is 47.4. The van der Waals surface area contributed by atoms with Gasteiger partial charge in [-0.05, 0) is 24.3 Å². The fourth-order valence-electron chi connectivity index (χ4n) is 2.34. The predicted octanol–water partition coefficient (Wildman–Crippen LogP) is 2.02. The zero-order valence-electron chi connectivity index (χ0n) is 15.4. The first-order chi connectivity index (χ1) is 13.3. The van der Waals surface area contributed by atoms with Gasteiger partial charge >= 0.3 is 5.97 Å². The number of carbonyl (C=O) groups is 3. The van der Waals surface area contributed by atoms with Crippen molar-refractivity contribution in [3.05, 3.63) is 69.8 Å². The van der Waals surface area contributed by atoms with E-state index in [4.69, 9.17) is 4.74 Å². The molecule has 2 rings (SSSR count). The van der Waals surface area contributed by atoms with Gasteiger partial charge in [-0.2, -0.15) is 0 Å². The third kappa shape index (κ3) is 5.63. The number of nitrogens with zero attached hydrogens (tertiary/aromatic N) is 2. The monoisotopic (exact) mass is 385 g/mol. The lowest BCUT2D eigenvalue weighted by atomic mass is 10.1. The summed E-state index contributed by atoms with van der Waals surface area (Å²) in [6, 6.07) is 12.1. The molecule has 0 heterocycles. The minimum atomic E-state index is -0.753. The molecule has 0 unspecified atom stereocenters. The van der Waals surface area contributed by atoms with Crippen LogP contribution in [-0.4, -0.2) is 48.3 Å². The Morgan fingerprint density at radius 2 is 1.71 bits per heavy atom. The topological polar surface area (TPSA) is 119 Å². The summed E-state index contributed by atoms with van der Waals surface area (Å²) in [6.07, 6.45) is -0.314. The van der Waals surface area contributed by atoms with Crippen LogP contribution < -0.4 is 5.32 Å². The minimum absolute atomic E-state index is 0.165. The molecule has 9 heteroatoms. The van der Waals surface area contributed by atoms with Crippen LogP contribution in [0.15, 0.2) is 48.5 Å². The van der Waals surface area contributed by atoms with E-state index >= 15 is 0 Å². The summed E-state index contributed by atoms with van der Waals surface area (Å²) in [6.45, 7) is -0.530. The molecule has 0 spiro atoms. The Balaban J connectivity index is 1.86. The van der Waals surface area contributed by atoms with Crippen LogP contribution in [0, 0.1) is 10.1 Å². The van der Waals surface area contributed by atoms with Gasteiger partial charge < -0.3 is 15.0 Å². The number of anilines is 1. The Hall–Kier alpha value is -3.75. The van der Waals surface area contributed by atoms with Crippen LogP contribution in [0.3, 0.4) is 0 Å². The van der Waals surface area contributed by atoms with Crippen molar-refractivity contribution < 1.29 is 24.0 Å². The summed E-state index contributed by atoms with van der Waals surface area (Å²) in [7, 11) is 3.27. The maximum atomic E-state index is 11.9. The fraction of sp³-hybridized carbons (Fsp3) is 0.211. The number of para-hydroxylation sites is 1. The zero-order valence-corrected chi connectivity index (χ0v) is 15.4. The van der Waals surface area contributed by atoms with Gasteiger partial charge in [0.25, 0.3) is 17.5 Å². The Morgan fingerprint density at radius 1 is 1.07 bits per heavy atom. The summed E-state index contributed by atoms with van der Waals surface area (Å²) in [5, 5.41) is 13.5. The van der Waals surface area contributed by atoms with Gasteiger partial charge in [-0.1, -0.05) is 18.2 Å². The molecule has 28 heavy (non-hydrogen) atoms. The third-order valence-corrected chi connectivity index (χ3v) is 3.71. The van der Waals surface area contributed by atoms with E-state index < -0.39 is 23.4 Å². The molecule has 9 nitrogen and oxygen atoms in total. The number of ether oxygens (including phenoxy) is 1. The van der Waals surface area contributed by atoms with Gasteiger partial charge in [0, 0.05) is 37.0 Å². The molecule has 0 fully saturated rings. The number of amides is 2. The lowest BCUT2D eigenvalue weighted by molar-refractivity contribution is -0.385. The summed E-state index contributed by atoms with van der Waals surface area (Å²) in [5.41, 5.74) is 0.934. The van der Waals surface area contributed by atoms with E-state index in [0.29, 0.717) is 11.3 Å². The van der Waals surface area contributed by atoms with Crippen molar-refractivity contribution in [1.29, 1.82) is 0 Å². The number of nitrogens with one attached hydrogen (secondary N) is 1. The molecule has 0 radical (unpaired) electrons. The number of benzene rings is 2. The summed E-state index contributed by atoms with van der Waals surface area (Å²) < 4.78 is 4.87. The van der Waals surface area contributed by atoms with Crippen LogP contribution in [-0.2, 0) is 20.7 Å². The van der Waals surface area contributed by atoms with E-state index in [1.807, 2.05) is 0 Å². The van der Waals surface area contributed by atoms with Gasteiger partial charge in [-0.3, -0.25) is 24.5 Å². The van der Waals surface area contributed by atoms with Gasteiger partial charge in [0.1, 0.15) is 0 Å². The van der Waals surface area contributed by atoms with Crippen molar-refractivity contribution in [1.82, 2.24) is 4.90 Å². The molecule has 0 atom stereocenters. The van der Waals surface area contributed by atoms with Gasteiger partial charge in [0.15, 0.2) is 6.61 Å². The molecule has 0 bridgehead atoms. The summed E-state index contributed by atoms with van der Waals surface area (Å²) in [5.74, 6) is -1.49. The SMILES string of the molecule is CN(C)C(=O)c1ccc(NC(=O)COC(=O)Cc2ccccc2[N+](=O)[O-])cc1. The van der Waals surface area contributed by atoms with E-state index in [0.717, 1.165) is 0 Å². The number of rotatable bonds is 7. The highest BCUT2D eigenvalue weighted by Gasteiger charge is 2.17. The number of esters is 1. The Kier molecular flexibility index (Phi) is 6.80. The lowest BCUT2D eigenvalue weighted by Gasteiger charge is -2.11. The highest BCUT2D eigenvalue weighted by atomic mass is 16.6. The number of hydrogen-bond donors (Lipinski definition) is 1. The Labute approximate surface area is 161 Å². The van der Waals surface area contributed by atoms with Gasteiger partial charge in [-0.25, -0.2) is 0 Å². The van der Waals surface area contributed by atoms with Gasteiger partial charge in [0.2, 0.25) is 0 Å². The van der Waals surface area contributed by atoms with Crippen molar-refractivity contribution in [2.24, 2.45) is 0 Å². The van der Waals surface area contributed by atoms with Crippen LogP contribution in [0.2, 0.25) is 0 Å². The smallest absolute Gasteiger partial charge is 0.311 e. The van der Waals surface area contributed by atoms with Crippen LogP contribution in [0.1, 0.15) is 15.9 Å². The van der Waals surface area contributed by atoms with Crippen LogP contribution in [0.4, 0.5) is 11.4 Å². The first-order valence-electron chi connectivity index (χ1n) is 8.27. The number of nitro benzene ring substituents is 1. The predicted molar refractivity (Wildman–Crippen MR) is 101 cm³/mol. The molecule has 0 aliphatic carbocycles. The highest BCUT2D eigenvalue weighted by Crippen LogP contribution is 2.18. The van der Waals surface area contributed by atoms with Crippen LogP contribution in [0.5, 0.6) is 0 Å². The van der Waals surface area contributed by atoms with E-state index in [1.165, 1.54) is 23.1 Å². The Morgan fingerprint density at radius 3 is 2.32 bits per heavy atom. The van der Waals surface area contributed by atoms with Crippen molar-refractivity contribution in [3.63, 3.8) is 0 Å². The molecule has 2 aromatic rings. The first-order valence-corrected chi connectivity index (χ1v) is 8.27. The standard InChI is InChI=1S/C19H19N3O6/c1-21(2)19(25)13-7-9-15(10-8-13)20-17(23)12-28-18(24)11-14-5-3-4-6-16(14)22(26)27/h3-10H,11-12H2,1-2H3,(H,20,23). The normalized spacial score (nSPS) is 10.1. The molecule has 2 amide bonds.